The first-order valence-corrected chi connectivity index (χ1v) is 8.50. The molecule has 2 aromatic carbocycles. The Balaban J connectivity index is 1.85. The Bertz CT molecular complexity index is 882. The predicted molar refractivity (Wildman–Crippen MR) is 101 cm³/mol. The van der Waals surface area contributed by atoms with Gasteiger partial charge in [0.05, 0.1) is 46.3 Å². The van der Waals surface area contributed by atoms with Crippen molar-refractivity contribution in [1.82, 2.24) is 0 Å². The van der Waals surface area contributed by atoms with Crippen molar-refractivity contribution in [3.63, 3.8) is 0 Å². The van der Waals surface area contributed by atoms with Crippen molar-refractivity contribution in [2.45, 2.75) is 6.42 Å². The smallest absolute Gasteiger partial charge is 0.366 e. The number of carbonyl (C=O) groups excluding carboxylic acids is 1. The average Bonchev–Trinajstić information content (AvgIpc) is 2.75. The van der Waals surface area contributed by atoms with E-state index in [-0.39, 0.29) is 5.56 Å². The lowest BCUT2D eigenvalue weighted by Crippen LogP contribution is -2.17. The van der Waals surface area contributed by atoms with Crippen LogP contribution in [-0.4, -0.2) is 46.7 Å². The van der Waals surface area contributed by atoms with E-state index in [1.165, 1.54) is 33.5 Å². The molecule has 1 heterocycles. The molecule has 1 aliphatic rings. The minimum atomic E-state index is -0.645. The van der Waals surface area contributed by atoms with Crippen LogP contribution in [0.3, 0.4) is 0 Å². The lowest BCUT2D eigenvalue weighted by molar-refractivity contribution is 0.0513. The minimum absolute atomic E-state index is 0.223. The van der Waals surface area contributed by atoms with Crippen LogP contribution in [0.4, 0.5) is 0 Å². The van der Waals surface area contributed by atoms with Crippen LogP contribution in [0.5, 0.6) is 28.7 Å². The van der Waals surface area contributed by atoms with Crippen LogP contribution in [0.2, 0.25) is 0 Å². The summed E-state index contributed by atoms with van der Waals surface area (Å²) >= 11 is 0. The fraction of sp³-hybridized carbons (Fsp3) is 0.300. The highest BCUT2D eigenvalue weighted by Crippen LogP contribution is 2.38. The highest BCUT2D eigenvalue weighted by molar-refractivity contribution is 6.04. The summed E-state index contributed by atoms with van der Waals surface area (Å²) in [6, 6.07) is 8.40. The Morgan fingerprint density at radius 2 is 1.68 bits per heavy atom. The van der Waals surface area contributed by atoms with Crippen LogP contribution in [0.25, 0.3) is 0 Å². The van der Waals surface area contributed by atoms with E-state index >= 15 is 0 Å². The molecular weight excluding hydrogens is 366 g/mol. The molecule has 28 heavy (non-hydrogen) atoms. The van der Waals surface area contributed by atoms with Crippen LogP contribution < -0.4 is 23.7 Å². The largest absolute Gasteiger partial charge is 0.497 e. The average molecular weight is 387 g/mol. The lowest BCUT2D eigenvalue weighted by Gasteiger charge is -2.19. The van der Waals surface area contributed by atoms with Gasteiger partial charge in [0.15, 0.2) is 11.5 Å². The third kappa shape index (κ3) is 3.80. The minimum Gasteiger partial charge on any atom is -0.497 e. The maximum atomic E-state index is 12.5. The molecule has 0 atom stereocenters. The van der Waals surface area contributed by atoms with Gasteiger partial charge in [-0.25, -0.2) is 4.79 Å². The summed E-state index contributed by atoms with van der Waals surface area (Å²) in [6.45, 7) is 0.431. The number of hydrogen-bond acceptors (Lipinski definition) is 8. The first-order valence-electron chi connectivity index (χ1n) is 8.50. The van der Waals surface area contributed by atoms with E-state index in [2.05, 4.69) is 5.16 Å². The molecule has 0 fully saturated rings. The summed E-state index contributed by atoms with van der Waals surface area (Å²) in [6.07, 6.45) is 0.516. The maximum Gasteiger partial charge on any atom is 0.366 e. The highest BCUT2D eigenvalue weighted by atomic mass is 16.7. The molecular formula is C20H21NO7. The topological polar surface area (TPSA) is 84.8 Å². The summed E-state index contributed by atoms with van der Waals surface area (Å²) in [5.74, 6) is 1.76. The van der Waals surface area contributed by atoms with Crippen molar-refractivity contribution in [1.29, 1.82) is 0 Å². The SMILES string of the molecule is COc1ccc2c(c1)OCC/C2=N\OC(=O)c1cc(OC)c(OC)c(OC)c1. The zero-order valence-electron chi connectivity index (χ0n) is 16.1. The van der Waals surface area contributed by atoms with Crippen molar-refractivity contribution in [3.05, 3.63) is 41.5 Å². The summed E-state index contributed by atoms with van der Waals surface area (Å²) in [5, 5.41) is 4.04. The Labute approximate surface area is 162 Å². The van der Waals surface area contributed by atoms with Crippen LogP contribution >= 0.6 is 0 Å². The number of methoxy groups -OCH3 is 4. The van der Waals surface area contributed by atoms with Crippen molar-refractivity contribution >= 4 is 11.7 Å². The third-order valence-corrected chi connectivity index (χ3v) is 4.24. The van der Waals surface area contributed by atoms with Crippen LogP contribution in [-0.2, 0) is 4.84 Å². The van der Waals surface area contributed by atoms with Gasteiger partial charge in [0, 0.05) is 18.1 Å². The molecule has 148 valence electrons. The standard InChI is InChI=1S/C20H21NO7/c1-23-13-5-6-14-15(7-8-27-16(14)11-13)21-28-20(22)12-9-17(24-2)19(26-4)18(10-12)25-3/h5-6,9-11H,7-8H2,1-4H3/b21-15+. The van der Waals surface area contributed by atoms with Gasteiger partial charge in [0.1, 0.15) is 11.5 Å². The van der Waals surface area contributed by atoms with E-state index < -0.39 is 5.97 Å². The van der Waals surface area contributed by atoms with Gasteiger partial charge < -0.3 is 28.5 Å². The van der Waals surface area contributed by atoms with Gasteiger partial charge in [-0.05, 0) is 24.3 Å². The van der Waals surface area contributed by atoms with Crippen LogP contribution in [0.15, 0.2) is 35.5 Å². The number of ether oxygens (including phenoxy) is 5. The second kappa shape index (κ2) is 8.51. The number of nitrogens with zero attached hydrogens (tertiary/aromatic N) is 1. The van der Waals surface area contributed by atoms with Crippen molar-refractivity contribution in [3.8, 4) is 28.7 Å². The van der Waals surface area contributed by atoms with E-state index in [0.29, 0.717) is 47.5 Å². The summed E-state index contributed by atoms with van der Waals surface area (Å²) in [7, 11) is 6.01. The number of carbonyl (C=O) groups is 1. The number of oxime groups is 1. The molecule has 1 aliphatic heterocycles. The van der Waals surface area contributed by atoms with Gasteiger partial charge >= 0.3 is 5.97 Å². The van der Waals surface area contributed by atoms with Gasteiger partial charge in [-0.1, -0.05) is 5.16 Å². The monoisotopic (exact) mass is 387 g/mol. The Morgan fingerprint density at radius 1 is 0.964 bits per heavy atom. The lowest BCUT2D eigenvalue weighted by atomic mass is 10.0. The Kier molecular flexibility index (Phi) is 5.88. The summed E-state index contributed by atoms with van der Waals surface area (Å²) in [4.78, 5) is 17.7. The summed E-state index contributed by atoms with van der Waals surface area (Å²) in [5.41, 5.74) is 1.59. The molecule has 3 rings (SSSR count). The molecule has 8 nitrogen and oxygen atoms in total. The van der Waals surface area contributed by atoms with E-state index in [4.69, 9.17) is 28.5 Å². The van der Waals surface area contributed by atoms with Crippen LogP contribution in [0, 0.1) is 0 Å². The molecule has 0 amide bonds. The fourth-order valence-electron chi connectivity index (χ4n) is 2.82. The molecule has 0 aromatic heterocycles. The van der Waals surface area contributed by atoms with Gasteiger partial charge in [-0.3, -0.25) is 0 Å². The van der Waals surface area contributed by atoms with Gasteiger partial charge in [0.2, 0.25) is 5.75 Å². The molecule has 0 saturated heterocycles. The van der Waals surface area contributed by atoms with Gasteiger partial charge in [0.25, 0.3) is 0 Å². The Morgan fingerprint density at radius 3 is 2.29 bits per heavy atom. The quantitative estimate of drug-likeness (QED) is 0.556. The highest BCUT2D eigenvalue weighted by Gasteiger charge is 2.21. The molecule has 0 aliphatic carbocycles. The summed E-state index contributed by atoms with van der Waals surface area (Å²) < 4.78 is 26.6. The van der Waals surface area contributed by atoms with E-state index in [0.717, 1.165) is 5.56 Å². The second-order valence-corrected chi connectivity index (χ2v) is 5.79. The molecule has 0 radical (unpaired) electrons. The van der Waals surface area contributed by atoms with Crippen molar-refractivity contribution in [2.24, 2.45) is 5.16 Å². The molecule has 0 unspecified atom stereocenters. The fourth-order valence-corrected chi connectivity index (χ4v) is 2.82. The van der Waals surface area contributed by atoms with Gasteiger partial charge in [-0.2, -0.15) is 0 Å². The molecule has 2 aromatic rings. The van der Waals surface area contributed by atoms with E-state index in [1.54, 1.807) is 19.2 Å². The first-order chi connectivity index (χ1) is 13.6. The third-order valence-electron chi connectivity index (χ3n) is 4.24. The normalized spacial score (nSPS) is 13.9. The first kappa shape index (κ1) is 19.3. The maximum absolute atomic E-state index is 12.5. The van der Waals surface area contributed by atoms with Crippen molar-refractivity contribution in [2.75, 3.05) is 35.0 Å². The van der Waals surface area contributed by atoms with Gasteiger partial charge in [-0.15, -0.1) is 0 Å². The number of benzene rings is 2. The van der Waals surface area contributed by atoms with E-state index in [9.17, 15) is 4.79 Å². The van der Waals surface area contributed by atoms with Crippen LogP contribution in [0.1, 0.15) is 22.3 Å². The molecule has 0 N–H and O–H groups in total. The molecule has 0 spiro atoms. The second-order valence-electron chi connectivity index (χ2n) is 5.79. The number of rotatable bonds is 6. The molecule has 8 heteroatoms. The zero-order chi connectivity index (χ0) is 20.1. The predicted octanol–water partition coefficient (Wildman–Crippen LogP) is 3.06. The van der Waals surface area contributed by atoms with Crippen molar-refractivity contribution < 1.29 is 33.3 Å². The molecule has 0 bridgehead atoms. The van der Waals surface area contributed by atoms with E-state index in [1.807, 2.05) is 6.07 Å². The number of fused-ring (bicyclic) bond motifs is 1. The Hall–Kier alpha value is -3.42. The zero-order valence-corrected chi connectivity index (χ0v) is 16.1. The molecule has 0 saturated carbocycles. The number of hydrogen-bond donors (Lipinski definition) is 0.